The fourth-order valence-electron chi connectivity index (χ4n) is 2.46. The molecule has 0 aliphatic heterocycles. The van der Waals surface area contributed by atoms with Crippen molar-refractivity contribution in [3.8, 4) is 0 Å². The van der Waals surface area contributed by atoms with Crippen LogP contribution in [0.1, 0.15) is 11.1 Å². The number of halogens is 2. The quantitative estimate of drug-likeness (QED) is 0.731. The normalized spacial score (nSPS) is 10.6. The minimum absolute atomic E-state index is 0.206. The van der Waals surface area contributed by atoms with Gasteiger partial charge in [0.05, 0.1) is 6.54 Å². The van der Waals surface area contributed by atoms with Gasteiger partial charge in [0, 0.05) is 24.0 Å². The third-order valence-corrected chi connectivity index (χ3v) is 4.05. The van der Waals surface area contributed by atoms with Gasteiger partial charge in [-0.3, -0.25) is 4.79 Å². The zero-order chi connectivity index (χ0) is 17.6. The van der Waals surface area contributed by atoms with Crippen LogP contribution >= 0.6 is 11.6 Å². The van der Waals surface area contributed by atoms with Gasteiger partial charge in [-0.05, 0) is 41.8 Å². The first kappa shape index (κ1) is 17.2. The third kappa shape index (κ3) is 4.67. The molecule has 6 heteroatoms. The zero-order valence-corrected chi connectivity index (χ0v) is 14.2. The molecule has 2 aromatic carbocycles. The van der Waals surface area contributed by atoms with Crippen molar-refractivity contribution in [2.24, 2.45) is 0 Å². The molecule has 0 bridgehead atoms. The summed E-state index contributed by atoms with van der Waals surface area (Å²) >= 11 is 5.86. The van der Waals surface area contributed by atoms with Crippen LogP contribution in [0, 0.1) is 5.82 Å². The Morgan fingerprint density at radius 2 is 1.72 bits per heavy atom. The molecule has 0 fully saturated rings. The van der Waals surface area contributed by atoms with Gasteiger partial charge >= 0.3 is 0 Å². The number of aromatic nitrogens is 2. The zero-order valence-electron chi connectivity index (χ0n) is 13.5. The van der Waals surface area contributed by atoms with Crippen molar-refractivity contribution in [1.29, 1.82) is 0 Å². The molecule has 25 heavy (non-hydrogen) atoms. The Labute approximate surface area is 149 Å². The lowest BCUT2D eigenvalue weighted by molar-refractivity contribution is 0.626. The Morgan fingerprint density at radius 3 is 2.44 bits per heavy atom. The van der Waals surface area contributed by atoms with E-state index in [9.17, 15) is 9.18 Å². The smallest absolute Gasteiger partial charge is 0.293 e. The third-order valence-electron chi connectivity index (χ3n) is 3.80. The molecule has 0 amide bonds. The van der Waals surface area contributed by atoms with E-state index in [0.717, 1.165) is 17.5 Å². The predicted octanol–water partition coefficient (Wildman–Crippen LogP) is 3.74. The number of nitrogens with zero attached hydrogens (tertiary/aromatic N) is 2. The Morgan fingerprint density at radius 1 is 1.04 bits per heavy atom. The lowest BCUT2D eigenvalue weighted by Crippen LogP contribution is -2.25. The Balaban J connectivity index is 1.65. The second-order valence-electron chi connectivity index (χ2n) is 5.64. The molecule has 4 nitrogen and oxygen atoms in total. The van der Waals surface area contributed by atoms with Crippen molar-refractivity contribution in [3.63, 3.8) is 0 Å². The molecular weight excluding hydrogens is 341 g/mol. The van der Waals surface area contributed by atoms with Crippen LogP contribution in [0.4, 0.5) is 10.2 Å². The van der Waals surface area contributed by atoms with E-state index in [-0.39, 0.29) is 11.4 Å². The SMILES string of the molecule is O=c1c(NCCc2ccc(Cl)cc2)nccn1Cc1ccc(F)cc1. The second-order valence-corrected chi connectivity index (χ2v) is 6.08. The standard InChI is InChI=1S/C19H17ClFN3O/c20-16-5-1-14(2-6-16)9-10-22-18-19(25)24(12-11-23-18)13-15-3-7-17(21)8-4-15/h1-8,11-12H,9-10,13H2,(H,22,23). The van der Waals surface area contributed by atoms with Gasteiger partial charge < -0.3 is 9.88 Å². The highest BCUT2D eigenvalue weighted by Gasteiger charge is 2.05. The maximum Gasteiger partial charge on any atom is 0.293 e. The summed E-state index contributed by atoms with van der Waals surface area (Å²) < 4.78 is 14.5. The van der Waals surface area contributed by atoms with Crippen molar-refractivity contribution >= 4 is 17.4 Å². The van der Waals surface area contributed by atoms with Crippen LogP contribution in [0.25, 0.3) is 0 Å². The molecule has 1 N–H and O–H groups in total. The molecule has 3 aromatic rings. The monoisotopic (exact) mass is 357 g/mol. The van der Waals surface area contributed by atoms with Gasteiger partial charge in [-0.2, -0.15) is 0 Å². The predicted molar refractivity (Wildman–Crippen MR) is 97.6 cm³/mol. The summed E-state index contributed by atoms with van der Waals surface area (Å²) in [6.45, 7) is 0.956. The van der Waals surface area contributed by atoms with Crippen molar-refractivity contribution in [3.05, 3.63) is 93.2 Å². The summed E-state index contributed by atoms with van der Waals surface area (Å²) in [5.74, 6) is 0.00829. The first-order chi connectivity index (χ1) is 12.1. The van der Waals surface area contributed by atoms with Crippen LogP contribution in [0.3, 0.4) is 0 Å². The Kier molecular flexibility index (Phi) is 5.46. The van der Waals surface area contributed by atoms with E-state index in [1.165, 1.54) is 12.1 Å². The molecule has 0 saturated carbocycles. The molecule has 0 atom stereocenters. The molecule has 0 aliphatic carbocycles. The highest BCUT2D eigenvalue weighted by molar-refractivity contribution is 6.30. The van der Waals surface area contributed by atoms with Crippen molar-refractivity contribution in [2.45, 2.75) is 13.0 Å². The number of hydrogen-bond acceptors (Lipinski definition) is 3. The van der Waals surface area contributed by atoms with Gasteiger partial charge in [0.15, 0.2) is 5.82 Å². The van der Waals surface area contributed by atoms with Gasteiger partial charge in [0.2, 0.25) is 0 Å². The Bertz CT molecular complexity index is 892. The fourth-order valence-corrected chi connectivity index (χ4v) is 2.58. The average Bonchev–Trinajstić information content (AvgIpc) is 2.62. The maximum absolute atomic E-state index is 13.0. The van der Waals surface area contributed by atoms with Gasteiger partial charge in [-0.25, -0.2) is 9.37 Å². The number of hydrogen-bond donors (Lipinski definition) is 1. The van der Waals surface area contributed by atoms with Gasteiger partial charge in [-0.15, -0.1) is 0 Å². The first-order valence-corrected chi connectivity index (χ1v) is 8.28. The molecule has 0 spiro atoms. The largest absolute Gasteiger partial charge is 0.365 e. The molecule has 0 saturated heterocycles. The second kappa shape index (κ2) is 7.94. The van der Waals surface area contributed by atoms with E-state index in [2.05, 4.69) is 10.3 Å². The summed E-state index contributed by atoms with van der Waals surface area (Å²) in [5, 5.41) is 3.77. The summed E-state index contributed by atoms with van der Waals surface area (Å²) in [5.41, 5.74) is 1.77. The molecular formula is C19H17ClFN3O. The van der Waals surface area contributed by atoms with Crippen LogP contribution in [0.2, 0.25) is 5.02 Å². The molecule has 0 unspecified atom stereocenters. The lowest BCUT2D eigenvalue weighted by Gasteiger charge is -2.09. The minimum atomic E-state index is -0.296. The molecule has 1 aromatic heterocycles. The van der Waals surface area contributed by atoms with Crippen molar-refractivity contribution in [2.75, 3.05) is 11.9 Å². The number of benzene rings is 2. The summed E-state index contributed by atoms with van der Waals surface area (Å²) in [7, 11) is 0. The van der Waals surface area contributed by atoms with Crippen LogP contribution in [-0.2, 0) is 13.0 Å². The molecule has 128 valence electrons. The molecule has 0 aliphatic rings. The Hall–Kier alpha value is -2.66. The van der Waals surface area contributed by atoms with E-state index in [1.807, 2.05) is 24.3 Å². The molecule has 3 rings (SSSR count). The van der Waals surface area contributed by atoms with Crippen molar-refractivity contribution in [1.82, 2.24) is 9.55 Å². The van der Waals surface area contributed by atoms with E-state index >= 15 is 0 Å². The highest BCUT2D eigenvalue weighted by Crippen LogP contribution is 2.10. The highest BCUT2D eigenvalue weighted by atomic mass is 35.5. The summed E-state index contributed by atoms with van der Waals surface area (Å²) in [4.78, 5) is 16.6. The van der Waals surface area contributed by atoms with E-state index < -0.39 is 0 Å². The van der Waals surface area contributed by atoms with Gasteiger partial charge in [0.25, 0.3) is 5.56 Å². The molecule has 0 radical (unpaired) electrons. The number of nitrogens with one attached hydrogen (secondary N) is 1. The van der Waals surface area contributed by atoms with E-state index in [4.69, 9.17) is 11.6 Å². The lowest BCUT2D eigenvalue weighted by atomic mass is 10.1. The van der Waals surface area contributed by atoms with Crippen LogP contribution in [-0.4, -0.2) is 16.1 Å². The van der Waals surface area contributed by atoms with Crippen LogP contribution in [0.15, 0.2) is 65.7 Å². The van der Waals surface area contributed by atoms with E-state index in [0.29, 0.717) is 23.9 Å². The first-order valence-electron chi connectivity index (χ1n) is 7.90. The topological polar surface area (TPSA) is 46.9 Å². The van der Waals surface area contributed by atoms with Crippen LogP contribution in [0.5, 0.6) is 0 Å². The summed E-state index contributed by atoms with van der Waals surface area (Å²) in [6, 6.07) is 13.7. The number of anilines is 1. The molecule has 1 heterocycles. The minimum Gasteiger partial charge on any atom is -0.365 e. The van der Waals surface area contributed by atoms with Gasteiger partial charge in [-0.1, -0.05) is 35.9 Å². The van der Waals surface area contributed by atoms with Crippen LogP contribution < -0.4 is 10.9 Å². The summed E-state index contributed by atoms with van der Waals surface area (Å²) in [6.07, 6.45) is 3.96. The van der Waals surface area contributed by atoms with E-state index in [1.54, 1.807) is 29.1 Å². The fraction of sp³-hybridized carbons (Fsp3) is 0.158. The number of rotatable bonds is 6. The maximum atomic E-state index is 13.0. The van der Waals surface area contributed by atoms with Crippen molar-refractivity contribution < 1.29 is 4.39 Å². The van der Waals surface area contributed by atoms with Gasteiger partial charge in [0.1, 0.15) is 5.82 Å². The average molecular weight is 358 g/mol.